The maximum absolute atomic E-state index is 12.2. The Morgan fingerprint density at radius 3 is 2.30 bits per heavy atom. The fourth-order valence-electron chi connectivity index (χ4n) is 3.17. The van der Waals surface area contributed by atoms with Crippen LogP contribution in [0, 0.1) is 6.92 Å². The predicted octanol–water partition coefficient (Wildman–Crippen LogP) is 3.60. The summed E-state index contributed by atoms with van der Waals surface area (Å²) in [5, 5.41) is 8.77. The van der Waals surface area contributed by atoms with E-state index in [0.29, 0.717) is 0 Å². The fraction of sp³-hybridized carbons (Fsp3) is 0.333. The van der Waals surface area contributed by atoms with E-state index in [1.54, 1.807) is 0 Å². The molecule has 0 spiro atoms. The second kappa shape index (κ2) is 8.58. The van der Waals surface area contributed by atoms with Crippen molar-refractivity contribution in [1.82, 2.24) is 0 Å². The maximum atomic E-state index is 12.2. The molecule has 0 unspecified atom stereocenters. The van der Waals surface area contributed by atoms with E-state index in [2.05, 4.69) is 20.9 Å². The van der Waals surface area contributed by atoms with Crippen molar-refractivity contribution in [3.8, 4) is 0 Å². The molecule has 1 heterocycles. The van der Waals surface area contributed by atoms with Crippen molar-refractivity contribution >= 4 is 34.6 Å². The van der Waals surface area contributed by atoms with Crippen molar-refractivity contribution in [2.75, 3.05) is 40.5 Å². The third-order valence-corrected chi connectivity index (χ3v) is 4.62. The lowest BCUT2D eigenvalue weighted by Crippen LogP contribution is -2.22. The highest BCUT2D eigenvalue weighted by atomic mass is 16.2. The van der Waals surface area contributed by atoms with Crippen molar-refractivity contribution in [3.05, 3.63) is 48.0 Å². The Bertz CT molecular complexity index is 811. The van der Waals surface area contributed by atoms with Crippen molar-refractivity contribution in [2.24, 2.45) is 0 Å². The molecule has 0 atom stereocenters. The zero-order valence-electron chi connectivity index (χ0n) is 15.8. The quantitative estimate of drug-likeness (QED) is 0.730. The molecular formula is C21H26N4O2. The molecule has 1 fully saturated rings. The van der Waals surface area contributed by atoms with Gasteiger partial charge >= 0.3 is 0 Å². The van der Waals surface area contributed by atoms with Gasteiger partial charge < -0.3 is 20.9 Å². The van der Waals surface area contributed by atoms with Crippen LogP contribution in [0.5, 0.6) is 0 Å². The van der Waals surface area contributed by atoms with Gasteiger partial charge in [0, 0.05) is 42.8 Å². The van der Waals surface area contributed by atoms with Gasteiger partial charge in [-0.2, -0.15) is 0 Å². The standard InChI is InChI=1S/C21H26N4O2/c1-15-5-6-18(13-20(15)23-16(2)26)22-14-21(27)24-17-7-9-19(10-8-17)25-11-3-4-12-25/h5-10,13,22H,3-4,11-12,14H2,1-2H3,(H,23,26)(H,24,27). The van der Waals surface area contributed by atoms with Gasteiger partial charge in [-0.3, -0.25) is 9.59 Å². The zero-order valence-corrected chi connectivity index (χ0v) is 15.8. The van der Waals surface area contributed by atoms with Gasteiger partial charge in [0.1, 0.15) is 0 Å². The molecule has 27 heavy (non-hydrogen) atoms. The summed E-state index contributed by atoms with van der Waals surface area (Å²) in [4.78, 5) is 25.8. The highest BCUT2D eigenvalue weighted by Crippen LogP contribution is 2.22. The first-order chi connectivity index (χ1) is 13.0. The Hall–Kier alpha value is -3.02. The van der Waals surface area contributed by atoms with E-state index in [-0.39, 0.29) is 18.4 Å². The number of hydrogen-bond acceptors (Lipinski definition) is 4. The van der Waals surface area contributed by atoms with E-state index in [0.717, 1.165) is 35.7 Å². The van der Waals surface area contributed by atoms with Gasteiger partial charge in [-0.1, -0.05) is 6.07 Å². The number of nitrogens with zero attached hydrogens (tertiary/aromatic N) is 1. The summed E-state index contributed by atoms with van der Waals surface area (Å²) in [5.74, 6) is -0.240. The summed E-state index contributed by atoms with van der Waals surface area (Å²) in [7, 11) is 0. The van der Waals surface area contributed by atoms with E-state index < -0.39 is 0 Å². The van der Waals surface area contributed by atoms with E-state index in [4.69, 9.17) is 0 Å². The third kappa shape index (κ3) is 5.23. The molecule has 2 aromatic carbocycles. The SMILES string of the molecule is CC(=O)Nc1cc(NCC(=O)Nc2ccc(N3CCCC3)cc2)ccc1C. The van der Waals surface area contributed by atoms with E-state index >= 15 is 0 Å². The summed E-state index contributed by atoms with van der Waals surface area (Å²) < 4.78 is 0. The molecule has 0 saturated carbocycles. The topological polar surface area (TPSA) is 73.5 Å². The minimum Gasteiger partial charge on any atom is -0.376 e. The number of carbonyl (C=O) groups excluding carboxylic acids is 2. The highest BCUT2D eigenvalue weighted by Gasteiger charge is 2.12. The number of nitrogens with one attached hydrogen (secondary N) is 3. The second-order valence-corrected chi connectivity index (χ2v) is 6.85. The molecule has 3 rings (SSSR count). The van der Waals surface area contributed by atoms with Crippen LogP contribution in [0.2, 0.25) is 0 Å². The Kier molecular flexibility index (Phi) is 5.96. The molecule has 1 aliphatic rings. The number of hydrogen-bond donors (Lipinski definition) is 3. The highest BCUT2D eigenvalue weighted by molar-refractivity contribution is 5.94. The monoisotopic (exact) mass is 366 g/mol. The average Bonchev–Trinajstić information content (AvgIpc) is 3.17. The van der Waals surface area contributed by atoms with Gasteiger partial charge in [-0.15, -0.1) is 0 Å². The average molecular weight is 366 g/mol. The first kappa shape index (κ1) is 18.8. The van der Waals surface area contributed by atoms with Crippen LogP contribution in [-0.2, 0) is 9.59 Å². The van der Waals surface area contributed by atoms with E-state index in [9.17, 15) is 9.59 Å². The minimum absolute atomic E-state index is 0.120. The molecule has 0 bridgehead atoms. The third-order valence-electron chi connectivity index (χ3n) is 4.62. The fourth-order valence-corrected chi connectivity index (χ4v) is 3.17. The molecule has 3 N–H and O–H groups in total. The summed E-state index contributed by atoms with van der Waals surface area (Å²) in [6.45, 7) is 5.76. The number of carbonyl (C=O) groups is 2. The van der Waals surface area contributed by atoms with Crippen LogP contribution < -0.4 is 20.9 Å². The molecular weight excluding hydrogens is 340 g/mol. The summed E-state index contributed by atoms with van der Waals surface area (Å²) >= 11 is 0. The lowest BCUT2D eigenvalue weighted by Gasteiger charge is -2.18. The van der Waals surface area contributed by atoms with Gasteiger partial charge in [0.05, 0.1) is 6.54 Å². The van der Waals surface area contributed by atoms with Crippen LogP contribution in [0.25, 0.3) is 0 Å². The molecule has 1 saturated heterocycles. The number of anilines is 4. The molecule has 2 aromatic rings. The molecule has 6 heteroatoms. The molecule has 142 valence electrons. The Labute approximate surface area is 159 Å². The van der Waals surface area contributed by atoms with Crippen LogP contribution >= 0.6 is 0 Å². The summed E-state index contributed by atoms with van der Waals surface area (Å²) in [6, 6.07) is 13.6. The van der Waals surface area contributed by atoms with Gasteiger partial charge in [0.15, 0.2) is 0 Å². The number of amides is 2. The van der Waals surface area contributed by atoms with Crippen LogP contribution in [-0.4, -0.2) is 31.4 Å². The number of aryl methyl sites for hydroxylation is 1. The molecule has 0 aromatic heterocycles. The first-order valence-electron chi connectivity index (χ1n) is 9.28. The Morgan fingerprint density at radius 1 is 0.963 bits per heavy atom. The lowest BCUT2D eigenvalue weighted by molar-refractivity contribution is -0.115. The minimum atomic E-state index is -0.120. The van der Waals surface area contributed by atoms with Crippen LogP contribution in [0.1, 0.15) is 25.3 Å². The van der Waals surface area contributed by atoms with Gasteiger partial charge in [-0.05, 0) is 61.7 Å². The maximum Gasteiger partial charge on any atom is 0.243 e. The predicted molar refractivity (Wildman–Crippen MR) is 110 cm³/mol. The van der Waals surface area contributed by atoms with Crippen molar-refractivity contribution in [2.45, 2.75) is 26.7 Å². The van der Waals surface area contributed by atoms with Crippen molar-refractivity contribution in [1.29, 1.82) is 0 Å². The van der Waals surface area contributed by atoms with E-state index in [1.807, 2.05) is 49.4 Å². The normalized spacial score (nSPS) is 13.3. The zero-order chi connectivity index (χ0) is 19.2. The molecule has 6 nitrogen and oxygen atoms in total. The molecule has 0 radical (unpaired) electrons. The lowest BCUT2D eigenvalue weighted by atomic mass is 10.1. The molecule has 2 amide bonds. The number of rotatable bonds is 6. The molecule has 1 aliphatic heterocycles. The molecule has 0 aliphatic carbocycles. The number of benzene rings is 2. The first-order valence-corrected chi connectivity index (χ1v) is 9.28. The van der Waals surface area contributed by atoms with Crippen LogP contribution in [0.3, 0.4) is 0 Å². The van der Waals surface area contributed by atoms with Crippen molar-refractivity contribution in [3.63, 3.8) is 0 Å². The second-order valence-electron chi connectivity index (χ2n) is 6.85. The summed E-state index contributed by atoms with van der Waals surface area (Å²) in [6.07, 6.45) is 2.49. The van der Waals surface area contributed by atoms with Crippen molar-refractivity contribution < 1.29 is 9.59 Å². The van der Waals surface area contributed by atoms with Gasteiger partial charge in [0.2, 0.25) is 11.8 Å². The van der Waals surface area contributed by atoms with Crippen LogP contribution in [0.4, 0.5) is 22.7 Å². The smallest absolute Gasteiger partial charge is 0.243 e. The van der Waals surface area contributed by atoms with E-state index in [1.165, 1.54) is 25.5 Å². The largest absolute Gasteiger partial charge is 0.376 e. The van der Waals surface area contributed by atoms with Gasteiger partial charge in [0.25, 0.3) is 0 Å². The van der Waals surface area contributed by atoms with Gasteiger partial charge in [-0.25, -0.2) is 0 Å². The van der Waals surface area contributed by atoms with Crippen LogP contribution in [0.15, 0.2) is 42.5 Å². The Morgan fingerprint density at radius 2 is 1.63 bits per heavy atom. The Balaban J connectivity index is 1.53. The summed E-state index contributed by atoms with van der Waals surface area (Å²) in [5.41, 5.74) is 4.48.